The molecule has 8 heteroatoms. The van der Waals surface area contributed by atoms with E-state index >= 15 is 0 Å². The number of ether oxygens (including phenoxy) is 1. The van der Waals surface area contributed by atoms with Crippen LogP contribution in [0.1, 0.15) is 76.5 Å². The standard InChI is InChI=1S/C32H40F2N4O2/c1-7-10-12-26(40-32(33)34)17-22(4)27(9-3)24-19-25-21-38(16-14-28(25)36-20-24)29(11-8-2)23(5)18-30-35-15-13-31(39)37(30)6/h9,11-13,15,17-20,32H,7-8,10,14,16,21H2,1-6H3/b22-17-,23-18-,26-12-,27-9+,29-11-. The van der Waals surface area contributed by atoms with E-state index in [1.54, 1.807) is 23.8 Å². The first-order valence-electron chi connectivity index (χ1n) is 13.8. The van der Waals surface area contributed by atoms with E-state index in [0.717, 1.165) is 65.0 Å². The average molecular weight is 551 g/mol. The van der Waals surface area contributed by atoms with E-state index in [-0.39, 0.29) is 11.3 Å². The van der Waals surface area contributed by atoms with Crippen molar-refractivity contribution >= 4 is 11.6 Å². The number of allylic oxidation sites excluding steroid dienone is 7. The maximum Gasteiger partial charge on any atom is 0.387 e. The van der Waals surface area contributed by atoms with Gasteiger partial charge in [-0.1, -0.05) is 32.4 Å². The van der Waals surface area contributed by atoms with Crippen molar-refractivity contribution in [2.75, 3.05) is 6.54 Å². The topological polar surface area (TPSA) is 60.2 Å². The summed E-state index contributed by atoms with van der Waals surface area (Å²) in [6, 6.07) is 3.60. The van der Waals surface area contributed by atoms with Gasteiger partial charge in [0.25, 0.3) is 5.56 Å². The largest absolute Gasteiger partial charge is 0.435 e. The minimum atomic E-state index is -2.87. The van der Waals surface area contributed by atoms with Gasteiger partial charge < -0.3 is 9.64 Å². The van der Waals surface area contributed by atoms with Crippen LogP contribution >= 0.6 is 0 Å². The van der Waals surface area contributed by atoms with Gasteiger partial charge in [0.05, 0.1) is 0 Å². The molecule has 1 aliphatic rings. The Balaban J connectivity index is 1.91. The quantitative estimate of drug-likeness (QED) is 0.219. The molecule has 0 fully saturated rings. The molecule has 0 unspecified atom stereocenters. The van der Waals surface area contributed by atoms with Gasteiger partial charge in [-0.25, -0.2) is 4.98 Å². The van der Waals surface area contributed by atoms with E-state index in [9.17, 15) is 13.6 Å². The Labute approximate surface area is 236 Å². The van der Waals surface area contributed by atoms with Crippen molar-refractivity contribution in [1.29, 1.82) is 0 Å². The third kappa shape index (κ3) is 7.87. The minimum absolute atomic E-state index is 0.0987. The first-order chi connectivity index (χ1) is 19.2. The molecular weight excluding hydrogens is 510 g/mol. The molecule has 0 radical (unpaired) electrons. The molecule has 214 valence electrons. The molecule has 0 aromatic carbocycles. The zero-order valence-corrected chi connectivity index (χ0v) is 24.4. The van der Waals surface area contributed by atoms with Crippen molar-refractivity contribution in [1.82, 2.24) is 19.4 Å². The van der Waals surface area contributed by atoms with Crippen LogP contribution in [0.25, 0.3) is 11.6 Å². The SMILES string of the molecule is C\C=C(/C(C)=C\C(=C\CCC)OC(F)F)c1cnc2c(c1)CN(C(=C\CC)/C(C)=C\c1nccc(=O)n1C)CC2. The van der Waals surface area contributed by atoms with E-state index in [4.69, 9.17) is 9.72 Å². The highest BCUT2D eigenvalue weighted by Crippen LogP contribution is 2.30. The zero-order valence-electron chi connectivity index (χ0n) is 24.4. The van der Waals surface area contributed by atoms with Gasteiger partial charge in [0, 0.05) is 62.0 Å². The van der Waals surface area contributed by atoms with E-state index < -0.39 is 6.61 Å². The molecule has 3 heterocycles. The van der Waals surface area contributed by atoms with Crippen LogP contribution < -0.4 is 5.56 Å². The number of hydrogen-bond donors (Lipinski definition) is 0. The summed E-state index contributed by atoms with van der Waals surface area (Å²) in [5.41, 5.74) is 6.90. The summed E-state index contributed by atoms with van der Waals surface area (Å²) in [4.78, 5) is 23.6. The highest BCUT2D eigenvalue weighted by molar-refractivity contribution is 5.78. The Morgan fingerprint density at radius 2 is 1.95 bits per heavy atom. The molecule has 40 heavy (non-hydrogen) atoms. The van der Waals surface area contributed by atoms with Gasteiger partial charge in [0.1, 0.15) is 11.6 Å². The molecule has 0 aliphatic carbocycles. The fourth-order valence-electron chi connectivity index (χ4n) is 4.85. The predicted molar refractivity (Wildman–Crippen MR) is 157 cm³/mol. The van der Waals surface area contributed by atoms with E-state index in [1.807, 2.05) is 46.0 Å². The molecule has 0 spiro atoms. The van der Waals surface area contributed by atoms with E-state index in [2.05, 4.69) is 29.0 Å². The molecule has 0 saturated carbocycles. The molecule has 0 saturated heterocycles. The third-order valence-electron chi connectivity index (χ3n) is 6.87. The summed E-state index contributed by atoms with van der Waals surface area (Å²) in [7, 11) is 1.72. The van der Waals surface area contributed by atoms with Crippen LogP contribution in [0.2, 0.25) is 0 Å². The first-order valence-corrected chi connectivity index (χ1v) is 13.8. The second-order valence-electron chi connectivity index (χ2n) is 9.83. The Morgan fingerprint density at radius 3 is 2.62 bits per heavy atom. The van der Waals surface area contributed by atoms with Gasteiger partial charge in [-0.05, 0) is 80.2 Å². The van der Waals surface area contributed by atoms with Gasteiger partial charge in [-0.2, -0.15) is 8.78 Å². The lowest BCUT2D eigenvalue weighted by molar-refractivity contribution is -0.0923. The third-order valence-corrected chi connectivity index (χ3v) is 6.87. The molecule has 0 N–H and O–H groups in total. The van der Waals surface area contributed by atoms with Gasteiger partial charge >= 0.3 is 6.61 Å². The van der Waals surface area contributed by atoms with Crippen LogP contribution in [0, 0.1) is 0 Å². The summed E-state index contributed by atoms with van der Waals surface area (Å²) >= 11 is 0. The second-order valence-corrected chi connectivity index (χ2v) is 9.83. The lowest BCUT2D eigenvalue weighted by atomic mass is 9.95. The summed E-state index contributed by atoms with van der Waals surface area (Å²) in [6.07, 6.45) is 16.1. The minimum Gasteiger partial charge on any atom is -0.435 e. The fourth-order valence-corrected chi connectivity index (χ4v) is 4.85. The van der Waals surface area contributed by atoms with Crippen molar-refractivity contribution in [3.05, 3.63) is 104 Å². The molecule has 2 aromatic rings. The number of alkyl halides is 2. The Hall–Kier alpha value is -3.81. The monoisotopic (exact) mass is 550 g/mol. The maximum atomic E-state index is 13.0. The van der Waals surface area contributed by atoms with Crippen molar-refractivity contribution < 1.29 is 13.5 Å². The number of rotatable bonds is 11. The molecule has 0 atom stereocenters. The van der Waals surface area contributed by atoms with Crippen LogP contribution in [0.3, 0.4) is 0 Å². The molecule has 0 bridgehead atoms. The predicted octanol–water partition coefficient (Wildman–Crippen LogP) is 7.20. The normalized spacial score (nSPS) is 15.5. The molecular formula is C32H40F2N4O2. The number of unbranched alkanes of at least 4 members (excludes halogenated alkanes) is 1. The smallest absolute Gasteiger partial charge is 0.387 e. The van der Waals surface area contributed by atoms with Crippen LogP contribution in [0.15, 0.2) is 76.2 Å². The zero-order chi connectivity index (χ0) is 29.2. The van der Waals surface area contributed by atoms with Gasteiger partial charge in [-0.3, -0.25) is 14.3 Å². The number of fused-ring (bicyclic) bond motifs is 1. The summed E-state index contributed by atoms with van der Waals surface area (Å²) < 4.78 is 32.3. The van der Waals surface area contributed by atoms with E-state index in [1.165, 1.54) is 12.3 Å². The van der Waals surface area contributed by atoms with Crippen LogP contribution in [-0.2, 0) is 24.8 Å². The van der Waals surface area contributed by atoms with Gasteiger partial charge in [0.2, 0.25) is 0 Å². The number of pyridine rings is 1. The highest BCUT2D eigenvalue weighted by Gasteiger charge is 2.21. The average Bonchev–Trinajstić information content (AvgIpc) is 2.92. The van der Waals surface area contributed by atoms with Gasteiger partial charge in [-0.15, -0.1) is 0 Å². The molecule has 3 rings (SSSR count). The Bertz CT molecular complexity index is 1400. The lowest BCUT2D eigenvalue weighted by Gasteiger charge is -2.33. The van der Waals surface area contributed by atoms with Crippen molar-refractivity contribution in [2.24, 2.45) is 7.05 Å². The second kappa shape index (κ2) is 14.5. The summed E-state index contributed by atoms with van der Waals surface area (Å²) in [5, 5.41) is 0. The van der Waals surface area contributed by atoms with Crippen molar-refractivity contribution in [2.45, 2.75) is 73.5 Å². The number of aromatic nitrogens is 3. The molecule has 1 aliphatic heterocycles. The van der Waals surface area contributed by atoms with Crippen LogP contribution in [-0.4, -0.2) is 32.6 Å². The lowest BCUT2D eigenvalue weighted by Crippen LogP contribution is -2.31. The number of halogens is 2. The first kappa shape index (κ1) is 30.7. The number of nitrogens with zero attached hydrogens (tertiary/aromatic N) is 4. The molecule has 0 amide bonds. The van der Waals surface area contributed by atoms with Crippen LogP contribution in [0.4, 0.5) is 8.78 Å². The molecule has 6 nitrogen and oxygen atoms in total. The maximum absolute atomic E-state index is 13.0. The molecule has 2 aromatic heterocycles. The van der Waals surface area contributed by atoms with Crippen molar-refractivity contribution in [3.8, 4) is 0 Å². The van der Waals surface area contributed by atoms with E-state index in [0.29, 0.717) is 18.8 Å². The Kier molecular flexibility index (Phi) is 11.2. The van der Waals surface area contributed by atoms with Crippen molar-refractivity contribution in [3.63, 3.8) is 0 Å². The summed E-state index contributed by atoms with van der Waals surface area (Å²) in [5.74, 6) is 0.782. The number of hydrogen-bond acceptors (Lipinski definition) is 5. The van der Waals surface area contributed by atoms with Crippen LogP contribution in [0.5, 0.6) is 0 Å². The van der Waals surface area contributed by atoms with Gasteiger partial charge in [0.15, 0.2) is 0 Å². The Morgan fingerprint density at radius 1 is 1.18 bits per heavy atom. The highest BCUT2D eigenvalue weighted by atomic mass is 19.3. The fraction of sp³-hybridized carbons (Fsp3) is 0.406. The summed E-state index contributed by atoms with van der Waals surface area (Å²) in [6.45, 7) is 8.61.